The van der Waals surface area contributed by atoms with E-state index in [1.807, 2.05) is 6.07 Å². The van der Waals surface area contributed by atoms with Crippen LogP contribution in [0.15, 0.2) is 22.7 Å². The molecule has 1 aliphatic rings. The minimum Gasteiger partial charge on any atom is -0.388 e. The van der Waals surface area contributed by atoms with Crippen LogP contribution in [0, 0.1) is 12.8 Å². The summed E-state index contributed by atoms with van der Waals surface area (Å²) in [5, 5.41) is 10.3. The van der Waals surface area contributed by atoms with Crippen molar-refractivity contribution in [1.82, 2.24) is 0 Å². The molecule has 0 bridgehead atoms. The number of aliphatic hydroxyl groups excluding tert-OH is 1. The number of aliphatic hydroxyl groups is 1. The van der Waals surface area contributed by atoms with Gasteiger partial charge in [0.2, 0.25) is 0 Å². The lowest BCUT2D eigenvalue weighted by Crippen LogP contribution is -2.11. The molecular weight excluding hydrogens is 276 g/mol. The molecule has 0 aliphatic heterocycles. The first-order chi connectivity index (χ1) is 8.16. The van der Waals surface area contributed by atoms with E-state index in [0.29, 0.717) is 0 Å². The average Bonchev–Trinajstić information content (AvgIpc) is 2.34. The van der Waals surface area contributed by atoms with E-state index in [-0.39, 0.29) is 6.10 Å². The highest BCUT2D eigenvalue weighted by atomic mass is 79.9. The van der Waals surface area contributed by atoms with Gasteiger partial charge in [-0.15, -0.1) is 0 Å². The molecule has 0 saturated heterocycles. The van der Waals surface area contributed by atoms with E-state index in [0.717, 1.165) is 22.4 Å². The normalized spacial score (nSPS) is 19.2. The Labute approximate surface area is 112 Å². The van der Waals surface area contributed by atoms with E-state index in [4.69, 9.17) is 0 Å². The molecule has 94 valence electrons. The summed E-state index contributed by atoms with van der Waals surface area (Å²) < 4.78 is 1.10. The number of rotatable bonds is 3. The summed E-state index contributed by atoms with van der Waals surface area (Å²) in [6.45, 7) is 2.07. The Bertz CT molecular complexity index is 369. The van der Waals surface area contributed by atoms with Crippen molar-refractivity contribution in [2.45, 2.75) is 51.6 Å². The Morgan fingerprint density at radius 2 is 2.00 bits per heavy atom. The van der Waals surface area contributed by atoms with Crippen molar-refractivity contribution in [1.29, 1.82) is 0 Å². The summed E-state index contributed by atoms with van der Waals surface area (Å²) in [6, 6.07) is 6.18. The molecule has 0 aromatic heterocycles. The standard InChI is InChI=1S/C15H21BrO/c1-11-7-8-13(10-14(11)16)15(17)9-12-5-3-2-4-6-12/h7-8,10,12,15,17H,2-6,9H2,1H3. The second kappa shape index (κ2) is 6.01. The third-order valence-electron chi connectivity index (χ3n) is 3.86. The molecular formula is C15H21BrO. The van der Waals surface area contributed by atoms with Gasteiger partial charge in [0, 0.05) is 4.47 Å². The van der Waals surface area contributed by atoms with Gasteiger partial charge in [0.05, 0.1) is 6.10 Å². The van der Waals surface area contributed by atoms with Gasteiger partial charge in [0.1, 0.15) is 0 Å². The predicted octanol–water partition coefficient (Wildman–Crippen LogP) is 4.76. The quantitative estimate of drug-likeness (QED) is 0.852. The fourth-order valence-corrected chi connectivity index (χ4v) is 3.09. The Balaban J connectivity index is 1.98. The van der Waals surface area contributed by atoms with E-state index < -0.39 is 0 Å². The zero-order valence-electron chi connectivity index (χ0n) is 10.5. The van der Waals surface area contributed by atoms with Crippen LogP contribution in [0.2, 0.25) is 0 Å². The van der Waals surface area contributed by atoms with Gasteiger partial charge in [-0.05, 0) is 36.5 Å². The molecule has 1 aromatic carbocycles. The van der Waals surface area contributed by atoms with Crippen molar-refractivity contribution in [3.05, 3.63) is 33.8 Å². The SMILES string of the molecule is Cc1ccc(C(O)CC2CCCCC2)cc1Br. The first kappa shape index (κ1) is 13.1. The fraction of sp³-hybridized carbons (Fsp3) is 0.600. The number of hydrogen-bond donors (Lipinski definition) is 1. The summed E-state index contributed by atoms with van der Waals surface area (Å²) in [7, 11) is 0. The van der Waals surface area contributed by atoms with Crippen LogP contribution in [-0.2, 0) is 0 Å². The van der Waals surface area contributed by atoms with Crippen molar-refractivity contribution >= 4 is 15.9 Å². The Hall–Kier alpha value is -0.340. The molecule has 1 nitrogen and oxygen atoms in total. The van der Waals surface area contributed by atoms with Crippen LogP contribution < -0.4 is 0 Å². The van der Waals surface area contributed by atoms with Gasteiger partial charge < -0.3 is 5.11 Å². The topological polar surface area (TPSA) is 20.2 Å². The Kier molecular flexibility index (Phi) is 4.63. The summed E-state index contributed by atoms with van der Waals surface area (Å²) in [5.41, 5.74) is 2.27. The highest BCUT2D eigenvalue weighted by molar-refractivity contribution is 9.10. The van der Waals surface area contributed by atoms with E-state index in [2.05, 4.69) is 35.0 Å². The van der Waals surface area contributed by atoms with Crippen molar-refractivity contribution < 1.29 is 5.11 Å². The molecule has 1 aromatic rings. The monoisotopic (exact) mass is 296 g/mol. The predicted molar refractivity (Wildman–Crippen MR) is 75.0 cm³/mol. The van der Waals surface area contributed by atoms with Crippen LogP contribution >= 0.6 is 15.9 Å². The summed E-state index contributed by atoms with van der Waals surface area (Å²) in [5.74, 6) is 0.721. The highest BCUT2D eigenvalue weighted by Crippen LogP contribution is 2.32. The maximum absolute atomic E-state index is 10.3. The second-order valence-electron chi connectivity index (χ2n) is 5.26. The third-order valence-corrected chi connectivity index (χ3v) is 4.72. The molecule has 1 saturated carbocycles. The van der Waals surface area contributed by atoms with Crippen LogP contribution in [0.1, 0.15) is 55.8 Å². The van der Waals surface area contributed by atoms with Crippen LogP contribution in [0.25, 0.3) is 0 Å². The third kappa shape index (κ3) is 3.56. The van der Waals surface area contributed by atoms with Crippen molar-refractivity contribution in [2.75, 3.05) is 0 Å². The second-order valence-corrected chi connectivity index (χ2v) is 6.12. The molecule has 1 unspecified atom stereocenters. The fourth-order valence-electron chi connectivity index (χ4n) is 2.69. The molecule has 17 heavy (non-hydrogen) atoms. The lowest BCUT2D eigenvalue weighted by molar-refractivity contribution is 0.131. The molecule has 0 amide bonds. The zero-order valence-corrected chi connectivity index (χ0v) is 12.0. The molecule has 2 rings (SSSR count). The van der Waals surface area contributed by atoms with Crippen molar-refractivity contribution in [3.63, 3.8) is 0 Å². The molecule has 0 heterocycles. The maximum Gasteiger partial charge on any atom is 0.0793 e. The summed E-state index contributed by atoms with van der Waals surface area (Å²) >= 11 is 3.53. The largest absolute Gasteiger partial charge is 0.388 e. The van der Waals surface area contributed by atoms with Gasteiger partial charge in [0.25, 0.3) is 0 Å². The minimum absolute atomic E-state index is 0.296. The van der Waals surface area contributed by atoms with Gasteiger partial charge in [-0.2, -0.15) is 0 Å². The minimum atomic E-state index is -0.296. The molecule has 1 N–H and O–H groups in total. The summed E-state index contributed by atoms with van der Waals surface area (Å²) in [6.07, 6.45) is 7.28. The number of hydrogen-bond acceptors (Lipinski definition) is 1. The molecule has 1 fully saturated rings. The van der Waals surface area contributed by atoms with Crippen LogP contribution in [-0.4, -0.2) is 5.11 Å². The van der Waals surface area contributed by atoms with Gasteiger partial charge in [0.15, 0.2) is 0 Å². The first-order valence-corrected chi connectivity index (χ1v) is 7.40. The van der Waals surface area contributed by atoms with Crippen LogP contribution in [0.4, 0.5) is 0 Å². The molecule has 0 radical (unpaired) electrons. The average molecular weight is 297 g/mol. The van der Waals surface area contributed by atoms with E-state index in [9.17, 15) is 5.11 Å². The first-order valence-electron chi connectivity index (χ1n) is 6.61. The van der Waals surface area contributed by atoms with Crippen LogP contribution in [0.3, 0.4) is 0 Å². The zero-order chi connectivity index (χ0) is 12.3. The number of halogens is 1. The molecule has 2 heteroatoms. The molecule has 1 aliphatic carbocycles. The molecule has 0 spiro atoms. The lowest BCUT2D eigenvalue weighted by Gasteiger charge is -2.24. The van der Waals surface area contributed by atoms with Crippen molar-refractivity contribution in [3.8, 4) is 0 Å². The van der Waals surface area contributed by atoms with Gasteiger partial charge >= 0.3 is 0 Å². The van der Waals surface area contributed by atoms with Crippen molar-refractivity contribution in [2.24, 2.45) is 5.92 Å². The van der Waals surface area contributed by atoms with Gasteiger partial charge in [-0.3, -0.25) is 0 Å². The smallest absolute Gasteiger partial charge is 0.0793 e. The highest BCUT2D eigenvalue weighted by Gasteiger charge is 2.18. The molecule has 1 atom stereocenters. The Morgan fingerprint density at radius 3 is 2.65 bits per heavy atom. The van der Waals surface area contributed by atoms with Gasteiger partial charge in [-0.25, -0.2) is 0 Å². The van der Waals surface area contributed by atoms with Gasteiger partial charge in [-0.1, -0.05) is 60.2 Å². The Morgan fingerprint density at radius 1 is 1.29 bits per heavy atom. The van der Waals surface area contributed by atoms with Crippen LogP contribution in [0.5, 0.6) is 0 Å². The lowest BCUT2D eigenvalue weighted by atomic mass is 9.84. The van der Waals surface area contributed by atoms with E-state index in [1.54, 1.807) is 0 Å². The number of aryl methyl sites for hydroxylation is 1. The number of benzene rings is 1. The van der Waals surface area contributed by atoms with E-state index >= 15 is 0 Å². The summed E-state index contributed by atoms with van der Waals surface area (Å²) in [4.78, 5) is 0. The van der Waals surface area contributed by atoms with E-state index in [1.165, 1.54) is 37.7 Å². The maximum atomic E-state index is 10.3.